The summed E-state index contributed by atoms with van der Waals surface area (Å²) in [6.45, 7) is 5.14. The number of H-pyrrole nitrogens is 1. The lowest BCUT2D eigenvalue weighted by Gasteiger charge is -2.26. The smallest absolute Gasteiger partial charge is 0.264 e. The van der Waals surface area contributed by atoms with Gasteiger partial charge in [-0.3, -0.25) is 9.59 Å². The van der Waals surface area contributed by atoms with E-state index in [1.54, 1.807) is 0 Å². The standard InChI is InChI=1S/C23H27N5O2S/c1-14(19-6-7-20(31-19)23(30)28-10-8-24-9-11-28)25-21(29)13-15-12-16(15)22-26-17-4-2-3-5-18(17)27-22/h2-7,14-16,24H,8-13H2,1H3,(H,25,29)(H,26,27)/t14-,15+,16-/m1/s1. The zero-order chi connectivity index (χ0) is 21.4. The van der Waals surface area contributed by atoms with Crippen LogP contribution in [0.1, 0.15) is 52.1 Å². The predicted molar refractivity (Wildman–Crippen MR) is 121 cm³/mol. The number of nitrogens with zero attached hydrogens (tertiary/aromatic N) is 2. The van der Waals surface area contributed by atoms with Gasteiger partial charge in [0.2, 0.25) is 5.91 Å². The number of amides is 2. The summed E-state index contributed by atoms with van der Waals surface area (Å²) in [6.07, 6.45) is 1.49. The van der Waals surface area contributed by atoms with Gasteiger partial charge in [0.1, 0.15) is 5.82 Å². The van der Waals surface area contributed by atoms with Crippen LogP contribution in [0.15, 0.2) is 36.4 Å². The summed E-state index contributed by atoms with van der Waals surface area (Å²) < 4.78 is 0. The van der Waals surface area contributed by atoms with Crippen molar-refractivity contribution in [2.45, 2.75) is 31.7 Å². The SMILES string of the molecule is C[C@@H](NC(=O)C[C@@H]1C[C@H]1c1nc2ccccc2[nH]1)c1ccc(C(=O)N2CCNCC2)s1. The summed E-state index contributed by atoms with van der Waals surface area (Å²) in [6, 6.07) is 11.7. The third kappa shape index (κ3) is 4.36. The van der Waals surface area contributed by atoms with Crippen LogP contribution in [0.25, 0.3) is 11.0 Å². The van der Waals surface area contributed by atoms with Gasteiger partial charge >= 0.3 is 0 Å². The third-order valence-electron chi connectivity index (χ3n) is 6.18. The molecule has 1 aliphatic carbocycles. The average molecular weight is 438 g/mol. The quantitative estimate of drug-likeness (QED) is 0.553. The molecule has 8 heteroatoms. The molecule has 3 atom stereocenters. The van der Waals surface area contributed by atoms with Crippen LogP contribution in [-0.4, -0.2) is 52.9 Å². The van der Waals surface area contributed by atoms with Crippen molar-refractivity contribution >= 4 is 34.2 Å². The molecular formula is C23H27N5O2S. The molecule has 2 amide bonds. The minimum Gasteiger partial charge on any atom is -0.349 e. The van der Waals surface area contributed by atoms with Gasteiger partial charge in [0.15, 0.2) is 0 Å². The van der Waals surface area contributed by atoms with Crippen LogP contribution in [0.3, 0.4) is 0 Å². The molecule has 0 spiro atoms. The fraction of sp³-hybridized carbons (Fsp3) is 0.435. The zero-order valence-corrected chi connectivity index (χ0v) is 18.4. The topological polar surface area (TPSA) is 90.1 Å². The van der Waals surface area contributed by atoms with Gasteiger partial charge in [-0.1, -0.05) is 12.1 Å². The largest absolute Gasteiger partial charge is 0.349 e. The number of rotatable bonds is 6. The molecule has 1 aromatic carbocycles. The first-order valence-corrected chi connectivity index (χ1v) is 11.7. The van der Waals surface area contributed by atoms with Crippen molar-refractivity contribution in [1.29, 1.82) is 0 Å². The van der Waals surface area contributed by atoms with Crippen molar-refractivity contribution in [3.8, 4) is 0 Å². The number of aromatic nitrogens is 2. The number of thiophene rings is 1. The third-order valence-corrected chi connectivity index (χ3v) is 7.43. The first-order valence-electron chi connectivity index (χ1n) is 10.9. The Morgan fingerprint density at radius 3 is 2.84 bits per heavy atom. The highest BCUT2D eigenvalue weighted by molar-refractivity contribution is 7.14. The van der Waals surface area contributed by atoms with Crippen LogP contribution >= 0.6 is 11.3 Å². The van der Waals surface area contributed by atoms with Crippen molar-refractivity contribution < 1.29 is 9.59 Å². The molecule has 1 saturated carbocycles. The first-order chi connectivity index (χ1) is 15.1. The molecule has 2 aliphatic rings. The predicted octanol–water partition coefficient (Wildman–Crippen LogP) is 3.04. The number of fused-ring (bicyclic) bond motifs is 1. The van der Waals surface area contributed by atoms with E-state index in [2.05, 4.69) is 20.6 Å². The molecular weight excluding hydrogens is 410 g/mol. The summed E-state index contributed by atoms with van der Waals surface area (Å²) in [5, 5.41) is 6.37. The van der Waals surface area contributed by atoms with Crippen LogP contribution in [0.5, 0.6) is 0 Å². The summed E-state index contributed by atoms with van der Waals surface area (Å²) in [7, 11) is 0. The number of para-hydroxylation sites is 2. The Balaban J connectivity index is 1.14. The number of hydrogen-bond donors (Lipinski definition) is 3. The lowest BCUT2D eigenvalue weighted by atomic mass is 10.2. The Labute approximate surface area is 185 Å². The number of carbonyl (C=O) groups excluding carboxylic acids is 2. The molecule has 3 N–H and O–H groups in total. The molecule has 2 aromatic heterocycles. The Hall–Kier alpha value is -2.71. The lowest BCUT2D eigenvalue weighted by molar-refractivity contribution is -0.122. The Morgan fingerprint density at radius 1 is 1.23 bits per heavy atom. The number of carbonyl (C=O) groups is 2. The molecule has 0 bridgehead atoms. The van der Waals surface area contributed by atoms with Crippen molar-refractivity contribution in [3.05, 3.63) is 52.0 Å². The normalized spacial score (nSPS) is 21.8. The fourth-order valence-electron chi connectivity index (χ4n) is 4.29. The second-order valence-corrected chi connectivity index (χ2v) is 9.59. The van der Waals surface area contributed by atoms with E-state index >= 15 is 0 Å². The number of nitrogens with one attached hydrogen (secondary N) is 3. The molecule has 7 nitrogen and oxygen atoms in total. The highest BCUT2D eigenvalue weighted by Gasteiger charge is 2.42. The molecule has 1 aliphatic heterocycles. The summed E-state index contributed by atoms with van der Waals surface area (Å²) in [5.41, 5.74) is 2.02. The van der Waals surface area contributed by atoms with E-state index < -0.39 is 0 Å². The molecule has 0 radical (unpaired) electrons. The zero-order valence-electron chi connectivity index (χ0n) is 17.6. The molecule has 162 valence electrons. The molecule has 31 heavy (non-hydrogen) atoms. The van der Waals surface area contributed by atoms with Gasteiger partial charge in [0.25, 0.3) is 5.91 Å². The van der Waals surface area contributed by atoms with Gasteiger partial charge in [-0.2, -0.15) is 0 Å². The van der Waals surface area contributed by atoms with E-state index in [-0.39, 0.29) is 17.9 Å². The number of piperazine rings is 1. The van der Waals surface area contributed by atoms with Gasteiger partial charge < -0.3 is 20.5 Å². The molecule has 1 saturated heterocycles. The van der Waals surface area contributed by atoms with Crippen LogP contribution < -0.4 is 10.6 Å². The molecule has 3 aromatic rings. The van der Waals surface area contributed by atoms with Gasteiger partial charge in [-0.05, 0) is 43.5 Å². The minimum atomic E-state index is -0.106. The molecule has 2 fully saturated rings. The monoisotopic (exact) mass is 437 g/mol. The van der Waals surface area contributed by atoms with Gasteiger partial charge in [0, 0.05) is 43.4 Å². The molecule has 3 heterocycles. The van der Waals surface area contributed by atoms with Crippen molar-refractivity contribution in [2.24, 2.45) is 5.92 Å². The number of benzene rings is 1. The minimum absolute atomic E-state index is 0.0551. The van der Waals surface area contributed by atoms with E-state index in [1.165, 1.54) is 11.3 Å². The maximum absolute atomic E-state index is 12.7. The second kappa shape index (κ2) is 8.43. The summed E-state index contributed by atoms with van der Waals surface area (Å²) in [4.78, 5) is 37.0. The van der Waals surface area contributed by atoms with E-state index in [4.69, 9.17) is 0 Å². The maximum Gasteiger partial charge on any atom is 0.264 e. The van der Waals surface area contributed by atoms with E-state index in [9.17, 15) is 9.59 Å². The van der Waals surface area contributed by atoms with Gasteiger partial charge in [-0.25, -0.2) is 4.98 Å². The molecule has 5 rings (SSSR count). The van der Waals surface area contributed by atoms with Crippen LogP contribution in [0, 0.1) is 5.92 Å². The average Bonchev–Trinajstić information content (AvgIpc) is 3.18. The van der Waals surface area contributed by atoms with E-state index in [0.29, 0.717) is 18.3 Å². The van der Waals surface area contributed by atoms with Crippen molar-refractivity contribution in [1.82, 2.24) is 25.5 Å². The van der Waals surface area contributed by atoms with Gasteiger partial charge in [-0.15, -0.1) is 11.3 Å². The Morgan fingerprint density at radius 2 is 2.03 bits per heavy atom. The fourth-order valence-corrected chi connectivity index (χ4v) is 5.27. The first kappa shape index (κ1) is 20.2. The van der Waals surface area contributed by atoms with Crippen molar-refractivity contribution in [3.63, 3.8) is 0 Å². The van der Waals surface area contributed by atoms with Crippen molar-refractivity contribution in [2.75, 3.05) is 26.2 Å². The van der Waals surface area contributed by atoms with E-state index in [1.807, 2.05) is 48.2 Å². The van der Waals surface area contributed by atoms with Crippen LogP contribution in [-0.2, 0) is 4.79 Å². The lowest BCUT2D eigenvalue weighted by Crippen LogP contribution is -2.46. The second-order valence-electron chi connectivity index (χ2n) is 8.48. The number of aromatic amines is 1. The number of hydrogen-bond acceptors (Lipinski definition) is 5. The van der Waals surface area contributed by atoms with Crippen LogP contribution in [0.4, 0.5) is 0 Å². The molecule has 0 unspecified atom stereocenters. The maximum atomic E-state index is 12.7. The Bertz CT molecular complexity index is 1070. The van der Waals surface area contributed by atoms with Gasteiger partial charge in [0.05, 0.1) is 22.0 Å². The van der Waals surface area contributed by atoms with Crippen LogP contribution in [0.2, 0.25) is 0 Å². The summed E-state index contributed by atoms with van der Waals surface area (Å²) >= 11 is 1.48. The highest BCUT2D eigenvalue weighted by atomic mass is 32.1. The van der Waals surface area contributed by atoms with E-state index in [0.717, 1.165) is 59.2 Å². The number of imidazole rings is 1. The Kier molecular flexibility index (Phi) is 5.50. The highest BCUT2D eigenvalue weighted by Crippen LogP contribution is 2.48. The summed E-state index contributed by atoms with van der Waals surface area (Å²) in [5.74, 6) is 1.79.